The van der Waals surface area contributed by atoms with E-state index in [9.17, 15) is 5.11 Å². The van der Waals surface area contributed by atoms with Crippen molar-refractivity contribution < 1.29 is 23.8 Å². The fourth-order valence-electron chi connectivity index (χ4n) is 5.03. The molecular weight excluding hydrogens is 360 g/mol. The molecule has 5 rings (SSSR count). The molecule has 1 saturated heterocycles. The zero-order valence-corrected chi connectivity index (χ0v) is 16.2. The van der Waals surface area contributed by atoms with E-state index in [4.69, 9.17) is 18.7 Å². The molecule has 148 valence electrons. The number of fused-ring (bicyclic) bond motifs is 2. The molecule has 0 amide bonds. The van der Waals surface area contributed by atoms with Crippen molar-refractivity contribution in [1.82, 2.24) is 10.1 Å². The molecule has 3 heterocycles. The monoisotopic (exact) mass is 384 g/mol. The molecule has 28 heavy (non-hydrogen) atoms. The third kappa shape index (κ3) is 2.30. The summed E-state index contributed by atoms with van der Waals surface area (Å²) in [6.45, 7) is 0.339. The lowest BCUT2D eigenvalue weighted by atomic mass is 9.66. The number of hydrogen-bond acceptors (Lipinski definition) is 7. The minimum absolute atomic E-state index is 0.00451. The van der Waals surface area contributed by atoms with Crippen LogP contribution in [0.1, 0.15) is 35.5 Å². The van der Waals surface area contributed by atoms with Crippen LogP contribution in [0.2, 0.25) is 0 Å². The third-order valence-electron chi connectivity index (χ3n) is 6.15. The first kappa shape index (κ1) is 17.7. The summed E-state index contributed by atoms with van der Waals surface area (Å²) in [5.41, 5.74) is 0.634. The molecule has 3 aliphatic rings. The Bertz CT molecular complexity index is 909. The van der Waals surface area contributed by atoms with Crippen LogP contribution in [0.3, 0.4) is 0 Å². The second-order valence-corrected chi connectivity index (χ2v) is 7.88. The van der Waals surface area contributed by atoms with E-state index in [1.807, 2.05) is 50.5 Å². The van der Waals surface area contributed by atoms with Gasteiger partial charge < -0.3 is 23.8 Å². The zero-order chi connectivity index (χ0) is 19.5. The van der Waals surface area contributed by atoms with E-state index < -0.39 is 11.7 Å². The standard InChI is InChI=1S/C21H24N2O5/c1-23(2)17-14-9-13-10-15(25-3)21(14,27-13)19(24)16-18(17)28-22-20(16)26-11-12-7-5-4-6-8-12/h4-8,10,13-14,17,19,24H,9,11H2,1-3H3/t13-,14-,17-,19-,21+/m0/s1. The second-order valence-electron chi connectivity index (χ2n) is 7.88. The number of hydrogen-bond donors (Lipinski definition) is 1. The highest BCUT2D eigenvalue weighted by atomic mass is 16.6. The largest absolute Gasteiger partial charge is 0.498 e. The lowest BCUT2D eigenvalue weighted by molar-refractivity contribution is -0.132. The Morgan fingerprint density at radius 3 is 2.79 bits per heavy atom. The number of methoxy groups -OCH3 is 1. The smallest absolute Gasteiger partial charge is 0.260 e. The molecule has 7 nitrogen and oxygen atoms in total. The number of aliphatic hydroxyl groups is 1. The molecule has 1 N–H and O–H groups in total. The van der Waals surface area contributed by atoms with Gasteiger partial charge >= 0.3 is 0 Å². The van der Waals surface area contributed by atoms with E-state index >= 15 is 0 Å². The van der Waals surface area contributed by atoms with Gasteiger partial charge in [0, 0.05) is 5.92 Å². The molecule has 7 heteroatoms. The topological polar surface area (TPSA) is 77.2 Å². The van der Waals surface area contributed by atoms with Gasteiger partial charge in [-0.05, 0) is 37.3 Å². The predicted octanol–water partition coefficient (Wildman–Crippen LogP) is 2.59. The van der Waals surface area contributed by atoms with Crippen LogP contribution in [0.5, 0.6) is 5.88 Å². The van der Waals surface area contributed by atoms with Crippen molar-refractivity contribution in [2.45, 2.75) is 36.9 Å². The molecule has 1 aliphatic carbocycles. The fourth-order valence-corrected chi connectivity index (χ4v) is 5.03. The van der Waals surface area contributed by atoms with Crippen LogP contribution in [0.15, 0.2) is 46.7 Å². The Balaban J connectivity index is 1.56. The number of benzene rings is 1. The van der Waals surface area contributed by atoms with Gasteiger partial charge in [0.2, 0.25) is 0 Å². The van der Waals surface area contributed by atoms with E-state index in [0.717, 1.165) is 12.0 Å². The molecule has 0 unspecified atom stereocenters. The quantitative estimate of drug-likeness (QED) is 0.849. The molecule has 0 saturated carbocycles. The van der Waals surface area contributed by atoms with Gasteiger partial charge in [-0.3, -0.25) is 4.90 Å². The summed E-state index contributed by atoms with van der Waals surface area (Å²) in [5.74, 6) is 1.63. The maximum atomic E-state index is 11.4. The van der Waals surface area contributed by atoms with E-state index in [0.29, 0.717) is 29.6 Å². The van der Waals surface area contributed by atoms with Crippen LogP contribution in [-0.4, -0.2) is 48.1 Å². The number of rotatable bonds is 5. The molecule has 2 bridgehead atoms. The SMILES string of the molecule is COC1=C[C@@H]2C[C@H]3[C@H](N(C)C)c4onc(OCc5ccccc5)c4[C@H](O)[C@]13O2. The van der Waals surface area contributed by atoms with Crippen molar-refractivity contribution >= 4 is 0 Å². The Morgan fingerprint density at radius 2 is 2.07 bits per heavy atom. The summed E-state index contributed by atoms with van der Waals surface area (Å²) in [6, 6.07) is 9.74. The minimum Gasteiger partial charge on any atom is -0.498 e. The summed E-state index contributed by atoms with van der Waals surface area (Å²) < 4.78 is 23.6. The molecule has 1 fully saturated rings. The van der Waals surface area contributed by atoms with Crippen LogP contribution >= 0.6 is 0 Å². The van der Waals surface area contributed by atoms with Crippen LogP contribution in [0, 0.1) is 5.92 Å². The summed E-state index contributed by atoms with van der Waals surface area (Å²) in [5, 5.41) is 15.6. The second kappa shape index (κ2) is 6.34. The molecule has 0 radical (unpaired) electrons. The average Bonchev–Trinajstić information content (AvgIpc) is 3.38. The summed E-state index contributed by atoms with van der Waals surface area (Å²) in [6.07, 6.45) is 1.73. The van der Waals surface area contributed by atoms with Gasteiger partial charge in [0.1, 0.15) is 18.5 Å². The number of aliphatic hydroxyl groups excluding tert-OH is 1. The van der Waals surface area contributed by atoms with Crippen LogP contribution in [0.4, 0.5) is 0 Å². The van der Waals surface area contributed by atoms with E-state index in [1.54, 1.807) is 7.11 Å². The molecule has 5 atom stereocenters. The molecule has 2 aromatic rings. The van der Waals surface area contributed by atoms with Crippen molar-refractivity contribution in [2.24, 2.45) is 5.92 Å². The Kier molecular flexibility index (Phi) is 4.01. The van der Waals surface area contributed by atoms with E-state index in [1.165, 1.54) is 0 Å². The van der Waals surface area contributed by atoms with Crippen molar-refractivity contribution in [3.63, 3.8) is 0 Å². The third-order valence-corrected chi connectivity index (χ3v) is 6.15. The Morgan fingerprint density at radius 1 is 1.29 bits per heavy atom. The first-order chi connectivity index (χ1) is 13.6. The highest BCUT2D eigenvalue weighted by Gasteiger charge is 2.68. The van der Waals surface area contributed by atoms with Gasteiger partial charge in [-0.25, -0.2) is 0 Å². The van der Waals surface area contributed by atoms with Crippen LogP contribution in [0.25, 0.3) is 0 Å². The van der Waals surface area contributed by atoms with Gasteiger partial charge in [0.25, 0.3) is 5.88 Å². The summed E-state index contributed by atoms with van der Waals surface area (Å²) in [4.78, 5) is 2.08. The van der Waals surface area contributed by atoms with Crippen LogP contribution < -0.4 is 4.74 Å². The van der Waals surface area contributed by atoms with Gasteiger partial charge in [0.05, 0.1) is 24.8 Å². The maximum Gasteiger partial charge on any atom is 0.260 e. The Hall–Kier alpha value is -2.35. The van der Waals surface area contributed by atoms with Crippen molar-refractivity contribution in [1.29, 1.82) is 0 Å². The lowest BCUT2D eigenvalue weighted by Gasteiger charge is -2.46. The van der Waals surface area contributed by atoms with E-state index in [2.05, 4.69) is 10.1 Å². The molecule has 1 aromatic carbocycles. The van der Waals surface area contributed by atoms with Gasteiger partial charge in [-0.1, -0.05) is 30.3 Å². The first-order valence-corrected chi connectivity index (χ1v) is 9.51. The number of ether oxygens (including phenoxy) is 3. The van der Waals surface area contributed by atoms with Gasteiger partial charge in [-0.2, -0.15) is 0 Å². The minimum atomic E-state index is -0.973. The number of nitrogens with zero attached hydrogens (tertiary/aromatic N) is 2. The van der Waals surface area contributed by atoms with Gasteiger partial charge in [0.15, 0.2) is 11.4 Å². The number of aromatic nitrogens is 1. The van der Waals surface area contributed by atoms with Gasteiger partial charge in [-0.15, -0.1) is 0 Å². The lowest BCUT2D eigenvalue weighted by Crippen LogP contribution is -2.51. The average molecular weight is 384 g/mol. The molecule has 1 spiro atoms. The normalized spacial score (nSPS) is 32.8. The fraction of sp³-hybridized carbons (Fsp3) is 0.476. The highest BCUT2D eigenvalue weighted by molar-refractivity contribution is 5.45. The molecular formula is C21H24N2O5. The maximum absolute atomic E-state index is 11.4. The molecule has 2 aliphatic heterocycles. The van der Waals surface area contributed by atoms with Crippen molar-refractivity contribution in [3.8, 4) is 5.88 Å². The van der Waals surface area contributed by atoms with Crippen molar-refractivity contribution in [2.75, 3.05) is 21.2 Å². The van der Waals surface area contributed by atoms with E-state index in [-0.39, 0.29) is 18.1 Å². The first-order valence-electron chi connectivity index (χ1n) is 9.51. The van der Waals surface area contributed by atoms with Crippen molar-refractivity contribution in [3.05, 3.63) is 59.1 Å². The molecule has 1 aromatic heterocycles. The zero-order valence-electron chi connectivity index (χ0n) is 16.2. The summed E-state index contributed by atoms with van der Waals surface area (Å²) in [7, 11) is 5.61. The Labute approximate surface area is 163 Å². The predicted molar refractivity (Wildman–Crippen MR) is 99.5 cm³/mol. The van der Waals surface area contributed by atoms with Crippen LogP contribution in [-0.2, 0) is 16.1 Å². The highest BCUT2D eigenvalue weighted by Crippen LogP contribution is 2.63. The summed E-state index contributed by atoms with van der Waals surface area (Å²) >= 11 is 0.